The number of hydrogen-bond acceptors (Lipinski definition) is 2. The van der Waals surface area contributed by atoms with E-state index in [1.54, 1.807) is 38.5 Å². The summed E-state index contributed by atoms with van der Waals surface area (Å²) in [6.07, 6.45) is 1.61. The molecule has 12 heavy (non-hydrogen) atoms. The van der Waals surface area contributed by atoms with Crippen molar-refractivity contribution in [1.82, 2.24) is 9.88 Å². The van der Waals surface area contributed by atoms with Gasteiger partial charge in [-0.1, -0.05) is 6.07 Å². The van der Waals surface area contributed by atoms with Gasteiger partial charge in [0.15, 0.2) is 0 Å². The van der Waals surface area contributed by atoms with Gasteiger partial charge in [0.05, 0.1) is 0 Å². The van der Waals surface area contributed by atoms with Crippen molar-refractivity contribution in [3.8, 4) is 0 Å². The SMILES string of the molecule is CN(C)C(=O)c1ccccn1.Cl. The average molecular weight is 187 g/mol. The van der Waals surface area contributed by atoms with Crippen molar-refractivity contribution in [3.05, 3.63) is 30.1 Å². The van der Waals surface area contributed by atoms with Crippen LogP contribution in [0.5, 0.6) is 0 Å². The van der Waals surface area contributed by atoms with E-state index in [-0.39, 0.29) is 18.3 Å². The Balaban J connectivity index is 0.00000121. The van der Waals surface area contributed by atoms with Gasteiger partial charge in [0.1, 0.15) is 5.69 Å². The van der Waals surface area contributed by atoms with E-state index >= 15 is 0 Å². The molecule has 0 bridgehead atoms. The minimum atomic E-state index is -0.0643. The van der Waals surface area contributed by atoms with Crippen LogP contribution in [0.15, 0.2) is 24.4 Å². The molecule has 0 aliphatic heterocycles. The topological polar surface area (TPSA) is 33.2 Å². The number of aromatic nitrogens is 1. The molecule has 1 aromatic heterocycles. The molecule has 0 atom stereocenters. The number of nitrogens with zero attached hydrogens (tertiary/aromatic N) is 2. The Morgan fingerprint density at radius 3 is 2.50 bits per heavy atom. The van der Waals surface area contributed by atoms with Crippen LogP contribution in [0, 0.1) is 0 Å². The lowest BCUT2D eigenvalue weighted by Crippen LogP contribution is -2.22. The summed E-state index contributed by atoms with van der Waals surface area (Å²) in [5.74, 6) is -0.0643. The van der Waals surface area contributed by atoms with Crippen molar-refractivity contribution in [2.24, 2.45) is 0 Å². The molecule has 0 fully saturated rings. The Morgan fingerprint density at radius 2 is 2.08 bits per heavy atom. The van der Waals surface area contributed by atoms with Crippen LogP contribution < -0.4 is 0 Å². The number of carbonyl (C=O) groups excluding carboxylic acids is 1. The molecule has 0 aliphatic carbocycles. The molecule has 0 unspecified atom stereocenters. The molecule has 0 saturated heterocycles. The van der Waals surface area contributed by atoms with E-state index in [1.165, 1.54) is 4.90 Å². The summed E-state index contributed by atoms with van der Waals surface area (Å²) < 4.78 is 0. The summed E-state index contributed by atoms with van der Waals surface area (Å²) in [5, 5.41) is 0. The first-order valence-corrected chi connectivity index (χ1v) is 3.34. The van der Waals surface area contributed by atoms with Gasteiger partial charge in [-0.25, -0.2) is 0 Å². The lowest BCUT2D eigenvalue weighted by atomic mass is 10.3. The van der Waals surface area contributed by atoms with Gasteiger partial charge in [0.25, 0.3) is 5.91 Å². The first-order chi connectivity index (χ1) is 5.22. The zero-order valence-corrected chi connectivity index (χ0v) is 7.84. The minimum absolute atomic E-state index is 0. The van der Waals surface area contributed by atoms with Crippen LogP contribution in [0.25, 0.3) is 0 Å². The lowest BCUT2D eigenvalue weighted by Gasteiger charge is -2.07. The normalized spacial score (nSPS) is 8.50. The number of carbonyl (C=O) groups is 1. The van der Waals surface area contributed by atoms with E-state index in [0.29, 0.717) is 5.69 Å². The van der Waals surface area contributed by atoms with Crippen LogP contribution in [0.4, 0.5) is 0 Å². The molecule has 1 heterocycles. The van der Waals surface area contributed by atoms with E-state index in [4.69, 9.17) is 0 Å². The Labute approximate surface area is 77.8 Å². The lowest BCUT2D eigenvalue weighted by molar-refractivity contribution is 0.0822. The summed E-state index contributed by atoms with van der Waals surface area (Å²) in [6, 6.07) is 5.28. The molecule has 0 N–H and O–H groups in total. The van der Waals surface area contributed by atoms with Crippen LogP contribution in [0.3, 0.4) is 0 Å². The second-order valence-electron chi connectivity index (χ2n) is 2.41. The van der Waals surface area contributed by atoms with Crippen molar-refractivity contribution < 1.29 is 4.79 Å². The van der Waals surface area contributed by atoms with Crippen molar-refractivity contribution in [2.45, 2.75) is 0 Å². The third-order valence-corrected chi connectivity index (χ3v) is 1.29. The standard InChI is InChI=1S/C8H10N2O.ClH/c1-10(2)8(11)7-5-3-4-6-9-7;/h3-6H,1-2H3;1H. The van der Waals surface area contributed by atoms with Crippen LogP contribution in [-0.2, 0) is 0 Å². The van der Waals surface area contributed by atoms with E-state index in [0.717, 1.165) is 0 Å². The summed E-state index contributed by atoms with van der Waals surface area (Å²) >= 11 is 0. The fourth-order valence-electron chi connectivity index (χ4n) is 0.718. The molecule has 0 radical (unpaired) electrons. The second-order valence-corrected chi connectivity index (χ2v) is 2.41. The predicted molar refractivity (Wildman–Crippen MR) is 49.5 cm³/mol. The second kappa shape index (κ2) is 4.72. The van der Waals surface area contributed by atoms with E-state index in [9.17, 15) is 4.79 Å². The molecule has 1 aromatic rings. The monoisotopic (exact) mass is 186 g/mol. The van der Waals surface area contributed by atoms with E-state index in [1.807, 2.05) is 0 Å². The minimum Gasteiger partial charge on any atom is -0.343 e. The van der Waals surface area contributed by atoms with Gasteiger partial charge < -0.3 is 4.90 Å². The summed E-state index contributed by atoms with van der Waals surface area (Å²) in [6.45, 7) is 0. The average Bonchev–Trinajstić information content (AvgIpc) is 2.05. The fraction of sp³-hybridized carbons (Fsp3) is 0.250. The number of amides is 1. The van der Waals surface area contributed by atoms with Crippen molar-refractivity contribution in [2.75, 3.05) is 14.1 Å². The Morgan fingerprint density at radius 1 is 1.42 bits per heavy atom. The quantitative estimate of drug-likeness (QED) is 0.661. The maximum Gasteiger partial charge on any atom is 0.271 e. The number of rotatable bonds is 1. The molecule has 1 amide bonds. The first kappa shape index (κ1) is 10.9. The molecular weight excluding hydrogens is 176 g/mol. The van der Waals surface area contributed by atoms with E-state index < -0.39 is 0 Å². The van der Waals surface area contributed by atoms with Crippen molar-refractivity contribution in [3.63, 3.8) is 0 Å². The predicted octanol–water partition coefficient (Wildman–Crippen LogP) is 1.21. The molecule has 4 heteroatoms. The van der Waals surface area contributed by atoms with Gasteiger partial charge in [-0.05, 0) is 12.1 Å². The molecule has 3 nitrogen and oxygen atoms in total. The smallest absolute Gasteiger partial charge is 0.271 e. The van der Waals surface area contributed by atoms with Crippen molar-refractivity contribution >= 4 is 18.3 Å². The van der Waals surface area contributed by atoms with Gasteiger partial charge in [0, 0.05) is 20.3 Å². The summed E-state index contributed by atoms with van der Waals surface area (Å²) in [4.78, 5) is 16.6. The number of hydrogen-bond donors (Lipinski definition) is 0. The Kier molecular flexibility index (Phi) is 4.29. The van der Waals surface area contributed by atoms with Gasteiger partial charge >= 0.3 is 0 Å². The fourth-order valence-corrected chi connectivity index (χ4v) is 0.718. The maximum atomic E-state index is 11.2. The van der Waals surface area contributed by atoms with E-state index in [2.05, 4.69) is 4.98 Å². The van der Waals surface area contributed by atoms with Crippen LogP contribution in [0.2, 0.25) is 0 Å². The zero-order chi connectivity index (χ0) is 8.27. The summed E-state index contributed by atoms with van der Waals surface area (Å²) in [7, 11) is 3.41. The highest BCUT2D eigenvalue weighted by molar-refractivity contribution is 5.91. The zero-order valence-electron chi connectivity index (χ0n) is 7.02. The van der Waals surface area contributed by atoms with Crippen LogP contribution in [-0.4, -0.2) is 29.9 Å². The molecular formula is C8H11ClN2O. The third kappa shape index (κ3) is 2.51. The molecule has 0 aromatic carbocycles. The summed E-state index contributed by atoms with van der Waals surface area (Å²) in [5.41, 5.74) is 0.484. The highest BCUT2D eigenvalue weighted by Gasteiger charge is 2.06. The van der Waals surface area contributed by atoms with Gasteiger partial charge in [-0.15, -0.1) is 12.4 Å². The number of halogens is 1. The molecule has 0 aliphatic rings. The maximum absolute atomic E-state index is 11.2. The highest BCUT2D eigenvalue weighted by Crippen LogP contribution is 1.95. The molecule has 0 spiro atoms. The van der Waals surface area contributed by atoms with Crippen molar-refractivity contribution in [1.29, 1.82) is 0 Å². The van der Waals surface area contributed by atoms with Crippen LogP contribution in [0.1, 0.15) is 10.5 Å². The third-order valence-electron chi connectivity index (χ3n) is 1.29. The van der Waals surface area contributed by atoms with Gasteiger partial charge in [-0.2, -0.15) is 0 Å². The van der Waals surface area contributed by atoms with Gasteiger partial charge in [-0.3, -0.25) is 9.78 Å². The van der Waals surface area contributed by atoms with Gasteiger partial charge in [0.2, 0.25) is 0 Å². The van der Waals surface area contributed by atoms with Crippen LogP contribution >= 0.6 is 12.4 Å². The highest BCUT2D eigenvalue weighted by atomic mass is 35.5. The Hall–Kier alpha value is -1.09. The largest absolute Gasteiger partial charge is 0.343 e. The molecule has 66 valence electrons. The molecule has 0 saturated carbocycles. The Bertz CT molecular complexity index is 248. The first-order valence-electron chi connectivity index (χ1n) is 3.34. The molecule has 1 rings (SSSR count). The number of pyridine rings is 1.